The molecule has 5 rings (SSSR count). The van der Waals surface area contributed by atoms with Gasteiger partial charge >= 0.3 is 5.97 Å². The summed E-state index contributed by atoms with van der Waals surface area (Å²) in [4.78, 5) is 16.7. The van der Waals surface area contributed by atoms with Gasteiger partial charge < -0.3 is 9.30 Å². The van der Waals surface area contributed by atoms with Gasteiger partial charge in [0.15, 0.2) is 5.69 Å². The van der Waals surface area contributed by atoms with Crippen molar-refractivity contribution in [1.29, 1.82) is 0 Å². The van der Waals surface area contributed by atoms with Crippen LogP contribution < -0.4 is 0 Å². The first-order chi connectivity index (χ1) is 13.7. The second-order valence-electron chi connectivity index (χ2n) is 6.83. The van der Waals surface area contributed by atoms with E-state index in [-0.39, 0.29) is 0 Å². The van der Waals surface area contributed by atoms with Crippen molar-refractivity contribution in [3.8, 4) is 5.69 Å². The molecule has 0 spiro atoms. The molecule has 2 aromatic heterocycles. The maximum absolute atomic E-state index is 12.2. The Morgan fingerprint density at radius 3 is 2.43 bits per heavy atom. The first kappa shape index (κ1) is 16.5. The zero-order chi connectivity index (χ0) is 19.3. The number of nitrogens with zero attached hydrogens (tertiary/aromatic N) is 2. The summed E-state index contributed by atoms with van der Waals surface area (Å²) in [5, 5.41) is 4.50. The van der Waals surface area contributed by atoms with E-state index in [4.69, 9.17) is 4.74 Å². The second-order valence-corrected chi connectivity index (χ2v) is 6.83. The van der Waals surface area contributed by atoms with E-state index in [2.05, 4.69) is 52.0 Å². The number of fused-ring (bicyclic) bond motifs is 4. The van der Waals surface area contributed by atoms with Crippen LogP contribution in [0.5, 0.6) is 0 Å². The van der Waals surface area contributed by atoms with E-state index >= 15 is 0 Å². The molecule has 0 aliphatic rings. The van der Waals surface area contributed by atoms with E-state index in [1.807, 2.05) is 37.3 Å². The molecule has 0 saturated carbocycles. The number of hydrogen-bond acceptors (Lipinski definition) is 3. The van der Waals surface area contributed by atoms with Gasteiger partial charge in [0.25, 0.3) is 0 Å². The molecular weight excluding hydrogens is 348 g/mol. The van der Waals surface area contributed by atoms with E-state index in [0.29, 0.717) is 5.69 Å². The molecule has 0 aliphatic heterocycles. The van der Waals surface area contributed by atoms with E-state index in [9.17, 15) is 4.79 Å². The molecule has 4 nitrogen and oxygen atoms in total. The molecule has 0 bridgehead atoms. The maximum Gasteiger partial charge on any atom is 0.356 e. The zero-order valence-corrected chi connectivity index (χ0v) is 15.6. The normalized spacial score (nSPS) is 11.4. The first-order valence-corrected chi connectivity index (χ1v) is 9.16. The molecule has 5 aromatic rings. The number of hydrogen-bond donors (Lipinski definition) is 0. The van der Waals surface area contributed by atoms with Crippen molar-refractivity contribution in [3.05, 3.63) is 84.2 Å². The summed E-state index contributed by atoms with van der Waals surface area (Å²) in [6.07, 6.45) is 0. The van der Waals surface area contributed by atoms with E-state index < -0.39 is 5.97 Å². The zero-order valence-electron chi connectivity index (χ0n) is 15.6. The molecule has 0 atom stereocenters. The number of rotatable bonds is 2. The molecule has 2 heterocycles. The summed E-state index contributed by atoms with van der Waals surface area (Å²) >= 11 is 0. The molecule has 0 radical (unpaired) electrons. The van der Waals surface area contributed by atoms with Crippen molar-refractivity contribution < 1.29 is 9.53 Å². The van der Waals surface area contributed by atoms with Gasteiger partial charge in [0.2, 0.25) is 0 Å². The van der Waals surface area contributed by atoms with Gasteiger partial charge in [0, 0.05) is 21.9 Å². The third-order valence-electron chi connectivity index (χ3n) is 5.24. The van der Waals surface area contributed by atoms with Crippen LogP contribution in [0.1, 0.15) is 16.2 Å². The lowest BCUT2D eigenvalue weighted by Gasteiger charge is -2.12. The summed E-state index contributed by atoms with van der Waals surface area (Å²) in [7, 11) is 1.38. The van der Waals surface area contributed by atoms with Crippen LogP contribution >= 0.6 is 0 Å². The molecule has 0 fully saturated rings. The van der Waals surface area contributed by atoms with Crippen LogP contribution in [0.15, 0.2) is 72.8 Å². The van der Waals surface area contributed by atoms with Crippen LogP contribution in [-0.4, -0.2) is 22.6 Å². The molecule has 0 aliphatic carbocycles. The summed E-state index contributed by atoms with van der Waals surface area (Å²) < 4.78 is 7.14. The minimum atomic E-state index is -0.431. The van der Waals surface area contributed by atoms with Crippen molar-refractivity contribution in [3.63, 3.8) is 0 Å². The SMILES string of the molecule is COC(=O)c1cc2c(c(C)n1)c1ccccc1n2-c1cccc2ccccc12. The monoisotopic (exact) mass is 366 g/mol. The fourth-order valence-corrected chi connectivity index (χ4v) is 4.05. The third-order valence-corrected chi connectivity index (χ3v) is 5.24. The first-order valence-electron chi connectivity index (χ1n) is 9.16. The molecule has 28 heavy (non-hydrogen) atoms. The predicted molar refractivity (Wildman–Crippen MR) is 112 cm³/mol. The predicted octanol–water partition coefficient (Wildman–Crippen LogP) is 5.43. The van der Waals surface area contributed by atoms with Crippen molar-refractivity contribution >= 4 is 38.5 Å². The highest BCUT2D eigenvalue weighted by Crippen LogP contribution is 2.36. The number of aryl methyl sites for hydroxylation is 1. The number of pyridine rings is 1. The summed E-state index contributed by atoms with van der Waals surface area (Å²) in [5.74, 6) is -0.431. The highest BCUT2D eigenvalue weighted by Gasteiger charge is 2.19. The molecule has 4 heteroatoms. The van der Waals surface area contributed by atoms with Crippen LogP contribution in [0.25, 0.3) is 38.3 Å². The Kier molecular flexibility index (Phi) is 3.66. The van der Waals surface area contributed by atoms with Crippen LogP contribution in [0, 0.1) is 6.92 Å². The molecule has 0 unspecified atom stereocenters. The Hall–Kier alpha value is -3.66. The Morgan fingerprint density at radius 1 is 0.893 bits per heavy atom. The number of esters is 1. The van der Waals surface area contributed by atoms with Crippen molar-refractivity contribution in [1.82, 2.24) is 9.55 Å². The molecule has 3 aromatic carbocycles. The highest BCUT2D eigenvalue weighted by molar-refractivity contribution is 6.12. The largest absolute Gasteiger partial charge is 0.464 e. The Labute approximate surface area is 162 Å². The van der Waals surface area contributed by atoms with Crippen LogP contribution in [0.2, 0.25) is 0 Å². The van der Waals surface area contributed by atoms with Crippen LogP contribution in [0.4, 0.5) is 0 Å². The fourth-order valence-electron chi connectivity index (χ4n) is 4.05. The summed E-state index contributed by atoms with van der Waals surface area (Å²) in [6.45, 7) is 1.94. The molecule has 136 valence electrons. The number of para-hydroxylation sites is 1. The summed E-state index contributed by atoms with van der Waals surface area (Å²) in [6, 6.07) is 24.7. The van der Waals surface area contributed by atoms with Crippen LogP contribution in [-0.2, 0) is 4.74 Å². The topological polar surface area (TPSA) is 44.1 Å². The minimum Gasteiger partial charge on any atom is -0.464 e. The van der Waals surface area contributed by atoms with Gasteiger partial charge in [-0.25, -0.2) is 9.78 Å². The standard InChI is InChI=1S/C24H18N2O2/c1-15-23-18-11-5-6-12-21(18)26(22(23)14-19(25-15)24(27)28-2)20-13-7-9-16-8-3-4-10-17(16)20/h3-14H,1-2H3. The Morgan fingerprint density at radius 2 is 1.61 bits per heavy atom. The van der Waals surface area contributed by atoms with Crippen molar-refractivity contribution in [2.24, 2.45) is 0 Å². The van der Waals surface area contributed by atoms with Gasteiger partial charge in [0.1, 0.15) is 0 Å². The third kappa shape index (κ3) is 2.31. The lowest BCUT2D eigenvalue weighted by molar-refractivity contribution is 0.0594. The van der Waals surface area contributed by atoms with Gasteiger partial charge in [-0.15, -0.1) is 0 Å². The van der Waals surface area contributed by atoms with Gasteiger partial charge in [0.05, 0.1) is 23.8 Å². The molecule has 0 N–H and O–H groups in total. The quantitative estimate of drug-likeness (QED) is 0.392. The molecular formula is C24H18N2O2. The van der Waals surface area contributed by atoms with Gasteiger partial charge in [-0.2, -0.15) is 0 Å². The second kappa shape index (κ2) is 6.20. The number of ether oxygens (including phenoxy) is 1. The Balaban J connectivity index is 1.99. The number of aromatic nitrogens is 2. The van der Waals surface area contributed by atoms with Crippen LogP contribution in [0.3, 0.4) is 0 Å². The van der Waals surface area contributed by atoms with E-state index in [0.717, 1.165) is 38.6 Å². The summed E-state index contributed by atoms with van der Waals surface area (Å²) in [5.41, 5.74) is 4.24. The van der Waals surface area contributed by atoms with Gasteiger partial charge in [-0.05, 0) is 30.5 Å². The minimum absolute atomic E-state index is 0.316. The smallest absolute Gasteiger partial charge is 0.356 e. The number of methoxy groups -OCH3 is 1. The number of benzene rings is 3. The Bertz CT molecular complexity index is 1380. The van der Waals surface area contributed by atoms with Gasteiger partial charge in [-0.3, -0.25) is 0 Å². The maximum atomic E-state index is 12.2. The molecule has 0 saturated heterocycles. The lowest BCUT2D eigenvalue weighted by atomic mass is 10.1. The van der Waals surface area contributed by atoms with Gasteiger partial charge in [-0.1, -0.05) is 54.6 Å². The number of carbonyl (C=O) groups is 1. The van der Waals surface area contributed by atoms with Crippen molar-refractivity contribution in [2.45, 2.75) is 6.92 Å². The lowest BCUT2D eigenvalue weighted by Crippen LogP contribution is -2.06. The highest BCUT2D eigenvalue weighted by atomic mass is 16.5. The molecule has 0 amide bonds. The van der Waals surface area contributed by atoms with E-state index in [1.165, 1.54) is 12.5 Å². The van der Waals surface area contributed by atoms with E-state index in [1.54, 1.807) is 0 Å². The number of carbonyl (C=O) groups excluding carboxylic acids is 1. The van der Waals surface area contributed by atoms with Crippen molar-refractivity contribution in [2.75, 3.05) is 7.11 Å². The average Bonchev–Trinajstić information content (AvgIpc) is 3.07. The fraction of sp³-hybridized carbons (Fsp3) is 0.0833. The average molecular weight is 366 g/mol.